The largest absolute Gasteiger partial charge is 0.368 e. The summed E-state index contributed by atoms with van der Waals surface area (Å²) in [4.78, 5) is 34.4. The highest BCUT2D eigenvalue weighted by atomic mass is 16.2. The van der Waals surface area contributed by atoms with E-state index in [1.54, 1.807) is 0 Å². The van der Waals surface area contributed by atoms with Gasteiger partial charge in [0.25, 0.3) is 0 Å². The molecule has 0 spiro atoms. The van der Waals surface area contributed by atoms with Crippen LogP contribution >= 0.6 is 0 Å². The number of amides is 3. The third kappa shape index (κ3) is 8.50. The standard InChI is InChI=1S/C14H27N3O3/c1-4-5-6-7-8-16-13(19)14(20)17-11(12(15)18)9-10(2)3/h10-11H,4-9H2,1-3H3,(H2,15,18)(H,16,19)(H,17,20)/t11-/m1/s1. The van der Waals surface area contributed by atoms with Crippen molar-refractivity contribution < 1.29 is 14.4 Å². The molecule has 0 aromatic carbocycles. The average molecular weight is 285 g/mol. The molecule has 0 heterocycles. The Morgan fingerprint density at radius 3 is 2.20 bits per heavy atom. The van der Waals surface area contributed by atoms with E-state index in [0.717, 1.165) is 25.7 Å². The molecule has 0 radical (unpaired) electrons. The molecule has 0 fully saturated rings. The van der Waals surface area contributed by atoms with Crippen LogP contribution in [0, 0.1) is 5.92 Å². The van der Waals surface area contributed by atoms with E-state index in [-0.39, 0.29) is 5.92 Å². The van der Waals surface area contributed by atoms with Gasteiger partial charge in [-0.25, -0.2) is 0 Å². The fourth-order valence-corrected chi connectivity index (χ4v) is 1.78. The van der Waals surface area contributed by atoms with E-state index in [1.165, 1.54) is 0 Å². The van der Waals surface area contributed by atoms with Gasteiger partial charge in [0, 0.05) is 6.54 Å². The van der Waals surface area contributed by atoms with Crippen molar-refractivity contribution in [1.29, 1.82) is 0 Å². The lowest BCUT2D eigenvalue weighted by Crippen LogP contribution is -2.50. The van der Waals surface area contributed by atoms with Gasteiger partial charge in [-0.05, 0) is 18.8 Å². The highest BCUT2D eigenvalue weighted by Crippen LogP contribution is 2.04. The second kappa shape index (κ2) is 10.2. The third-order valence-corrected chi connectivity index (χ3v) is 2.88. The molecule has 0 saturated heterocycles. The van der Waals surface area contributed by atoms with Gasteiger partial charge >= 0.3 is 11.8 Å². The first-order valence-electron chi connectivity index (χ1n) is 7.26. The zero-order valence-corrected chi connectivity index (χ0v) is 12.7. The Bertz CT molecular complexity index is 330. The molecule has 0 unspecified atom stereocenters. The minimum atomic E-state index is -0.801. The van der Waals surface area contributed by atoms with Gasteiger partial charge in [0.05, 0.1) is 0 Å². The van der Waals surface area contributed by atoms with Crippen LogP contribution in [0.4, 0.5) is 0 Å². The van der Waals surface area contributed by atoms with Gasteiger partial charge in [0.1, 0.15) is 6.04 Å². The molecule has 116 valence electrons. The van der Waals surface area contributed by atoms with E-state index in [4.69, 9.17) is 5.73 Å². The minimum absolute atomic E-state index is 0.199. The topological polar surface area (TPSA) is 101 Å². The maximum Gasteiger partial charge on any atom is 0.309 e. The lowest BCUT2D eigenvalue weighted by atomic mass is 10.0. The molecule has 0 aliphatic carbocycles. The van der Waals surface area contributed by atoms with Gasteiger partial charge in [0.2, 0.25) is 5.91 Å². The van der Waals surface area contributed by atoms with Crippen molar-refractivity contribution in [2.45, 2.75) is 58.9 Å². The van der Waals surface area contributed by atoms with Crippen molar-refractivity contribution in [3.05, 3.63) is 0 Å². The predicted octanol–water partition coefficient (Wildman–Crippen LogP) is 0.699. The summed E-state index contributed by atoms with van der Waals surface area (Å²) in [5.74, 6) is -1.94. The quantitative estimate of drug-likeness (QED) is 0.429. The Kier molecular flexibility index (Phi) is 9.41. The average Bonchev–Trinajstić information content (AvgIpc) is 2.36. The van der Waals surface area contributed by atoms with Crippen LogP contribution in [-0.2, 0) is 14.4 Å². The summed E-state index contributed by atoms with van der Waals surface area (Å²) >= 11 is 0. The number of hydrogen-bond acceptors (Lipinski definition) is 3. The Morgan fingerprint density at radius 1 is 1.05 bits per heavy atom. The second-order valence-corrected chi connectivity index (χ2v) is 5.37. The van der Waals surface area contributed by atoms with E-state index in [0.29, 0.717) is 13.0 Å². The van der Waals surface area contributed by atoms with Crippen molar-refractivity contribution in [2.24, 2.45) is 11.7 Å². The number of unbranched alkanes of at least 4 members (excludes halogenated alkanes) is 3. The first-order chi connectivity index (χ1) is 9.38. The molecule has 6 heteroatoms. The summed E-state index contributed by atoms with van der Waals surface area (Å²) in [6.07, 6.45) is 4.52. The van der Waals surface area contributed by atoms with Crippen LogP contribution in [0.3, 0.4) is 0 Å². The number of primary amides is 1. The molecule has 0 aliphatic rings. The Hall–Kier alpha value is -1.59. The van der Waals surface area contributed by atoms with Crippen molar-refractivity contribution >= 4 is 17.7 Å². The molecule has 4 N–H and O–H groups in total. The molecule has 0 aromatic heterocycles. The van der Waals surface area contributed by atoms with E-state index in [2.05, 4.69) is 17.6 Å². The Labute approximate surface area is 120 Å². The predicted molar refractivity (Wildman–Crippen MR) is 77.7 cm³/mol. The van der Waals surface area contributed by atoms with Gasteiger partial charge < -0.3 is 16.4 Å². The fourth-order valence-electron chi connectivity index (χ4n) is 1.78. The van der Waals surface area contributed by atoms with Crippen LogP contribution in [0.2, 0.25) is 0 Å². The zero-order valence-electron chi connectivity index (χ0n) is 12.7. The van der Waals surface area contributed by atoms with E-state index >= 15 is 0 Å². The number of nitrogens with one attached hydrogen (secondary N) is 2. The SMILES string of the molecule is CCCCCCNC(=O)C(=O)N[C@H](CC(C)C)C(N)=O. The van der Waals surface area contributed by atoms with Crippen LogP contribution < -0.4 is 16.4 Å². The summed E-state index contributed by atoms with van der Waals surface area (Å²) < 4.78 is 0. The summed E-state index contributed by atoms with van der Waals surface area (Å²) in [7, 11) is 0. The Balaban J connectivity index is 4.09. The normalized spacial score (nSPS) is 12.0. The van der Waals surface area contributed by atoms with Crippen LogP contribution in [0.5, 0.6) is 0 Å². The molecule has 0 bridgehead atoms. The van der Waals surface area contributed by atoms with Crippen LogP contribution in [-0.4, -0.2) is 30.3 Å². The van der Waals surface area contributed by atoms with E-state index < -0.39 is 23.8 Å². The molecule has 3 amide bonds. The third-order valence-electron chi connectivity index (χ3n) is 2.88. The molecule has 20 heavy (non-hydrogen) atoms. The van der Waals surface area contributed by atoms with Crippen molar-refractivity contribution in [2.75, 3.05) is 6.54 Å². The van der Waals surface area contributed by atoms with Crippen LogP contribution in [0.15, 0.2) is 0 Å². The van der Waals surface area contributed by atoms with Gasteiger partial charge in [-0.2, -0.15) is 0 Å². The van der Waals surface area contributed by atoms with Crippen molar-refractivity contribution in [3.63, 3.8) is 0 Å². The van der Waals surface area contributed by atoms with Crippen molar-refractivity contribution in [1.82, 2.24) is 10.6 Å². The zero-order chi connectivity index (χ0) is 15.5. The van der Waals surface area contributed by atoms with E-state index in [1.807, 2.05) is 13.8 Å². The van der Waals surface area contributed by atoms with Crippen LogP contribution in [0.25, 0.3) is 0 Å². The molecule has 0 aliphatic heterocycles. The minimum Gasteiger partial charge on any atom is -0.368 e. The summed E-state index contributed by atoms with van der Waals surface area (Å²) in [5, 5.41) is 4.91. The van der Waals surface area contributed by atoms with Gasteiger partial charge in [-0.3, -0.25) is 14.4 Å². The lowest BCUT2D eigenvalue weighted by Gasteiger charge is -2.17. The molecule has 0 saturated carbocycles. The maximum atomic E-state index is 11.6. The van der Waals surface area contributed by atoms with E-state index in [9.17, 15) is 14.4 Å². The summed E-state index contributed by atoms with van der Waals surface area (Å²) in [5.41, 5.74) is 5.20. The van der Waals surface area contributed by atoms with Gasteiger partial charge in [-0.15, -0.1) is 0 Å². The first-order valence-corrected chi connectivity index (χ1v) is 7.26. The molecule has 6 nitrogen and oxygen atoms in total. The lowest BCUT2D eigenvalue weighted by molar-refractivity contribution is -0.140. The number of carbonyl (C=O) groups excluding carboxylic acids is 3. The number of carbonyl (C=O) groups is 3. The Morgan fingerprint density at radius 2 is 1.70 bits per heavy atom. The highest BCUT2D eigenvalue weighted by molar-refractivity contribution is 6.35. The molecule has 1 atom stereocenters. The molecular weight excluding hydrogens is 258 g/mol. The molecule has 0 rings (SSSR count). The number of nitrogens with two attached hydrogens (primary N) is 1. The smallest absolute Gasteiger partial charge is 0.309 e. The highest BCUT2D eigenvalue weighted by Gasteiger charge is 2.22. The summed E-state index contributed by atoms with van der Waals surface area (Å²) in [6, 6.07) is -0.798. The fraction of sp³-hybridized carbons (Fsp3) is 0.786. The number of rotatable bonds is 9. The monoisotopic (exact) mass is 285 g/mol. The number of hydrogen-bond donors (Lipinski definition) is 3. The summed E-state index contributed by atoms with van der Waals surface area (Å²) in [6.45, 7) is 6.40. The van der Waals surface area contributed by atoms with Gasteiger partial charge in [-0.1, -0.05) is 40.0 Å². The first kappa shape index (κ1) is 18.4. The van der Waals surface area contributed by atoms with Crippen LogP contribution in [0.1, 0.15) is 52.9 Å². The van der Waals surface area contributed by atoms with Crippen molar-refractivity contribution in [3.8, 4) is 0 Å². The maximum absolute atomic E-state index is 11.6. The second-order valence-electron chi connectivity index (χ2n) is 5.37. The van der Waals surface area contributed by atoms with Gasteiger partial charge in [0.15, 0.2) is 0 Å². The molecule has 0 aromatic rings. The molecular formula is C14H27N3O3.